The second-order valence-electron chi connectivity index (χ2n) is 4.35. The molecule has 1 aromatic heterocycles. The van der Waals surface area contributed by atoms with Crippen molar-refractivity contribution in [3.63, 3.8) is 0 Å². The standard InChI is InChI=1S/C15H17ClN2O/c1-11-8-14(16)6-5-12(11)9-17-10-13-4-3-7-18-15(13)19-2/h3-8,17H,9-10H2,1-2H3. The highest BCUT2D eigenvalue weighted by Crippen LogP contribution is 2.16. The first kappa shape index (κ1) is 13.8. The summed E-state index contributed by atoms with van der Waals surface area (Å²) in [5.74, 6) is 0.669. The van der Waals surface area contributed by atoms with Crippen molar-refractivity contribution in [1.29, 1.82) is 0 Å². The van der Waals surface area contributed by atoms with Crippen molar-refractivity contribution in [2.45, 2.75) is 20.0 Å². The van der Waals surface area contributed by atoms with E-state index in [0.717, 1.165) is 23.7 Å². The Hall–Kier alpha value is -1.58. The van der Waals surface area contributed by atoms with E-state index in [0.29, 0.717) is 5.88 Å². The van der Waals surface area contributed by atoms with Gasteiger partial charge in [0.2, 0.25) is 5.88 Å². The third-order valence-corrected chi connectivity index (χ3v) is 3.21. The number of halogens is 1. The highest BCUT2D eigenvalue weighted by atomic mass is 35.5. The van der Waals surface area contributed by atoms with Crippen molar-refractivity contribution in [3.05, 3.63) is 58.2 Å². The van der Waals surface area contributed by atoms with Crippen LogP contribution in [0.2, 0.25) is 5.02 Å². The molecule has 100 valence electrons. The third-order valence-electron chi connectivity index (χ3n) is 2.98. The molecule has 0 unspecified atom stereocenters. The number of rotatable bonds is 5. The predicted molar refractivity (Wildman–Crippen MR) is 77.5 cm³/mol. The first-order valence-electron chi connectivity index (χ1n) is 6.14. The Morgan fingerprint density at radius 3 is 2.74 bits per heavy atom. The molecule has 0 radical (unpaired) electrons. The first-order valence-corrected chi connectivity index (χ1v) is 6.52. The molecule has 19 heavy (non-hydrogen) atoms. The van der Waals surface area contributed by atoms with Crippen LogP contribution in [0.5, 0.6) is 5.88 Å². The quantitative estimate of drug-likeness (QED) is 0.909. The number of methoxy groups -OCH3 is 1. The third kappa shape index (κ3) is 3.69. The molecule has 0 aliphatic rings. The lowest BCUT2D eigenvalue weighted by Crippen LogP contribution is -2.14. The van der Waals surface area contributed by atoms with Crippen molar-refractivity contribution >= 4 is 11.6 Å². The van der Waals surface area contributed by atoms with Gasteiger partial charge in [-0.2, -0.15) is 0 Å². The summed E-state index contributed by atoms with van der Waals surface area (Å²) in [5, 5.41) is 4.16. The molecule has 2 rings (SSSR count). The molecule has 0 spiro atoms. The lowest BCUT2D eigenvalue weighted by atomic mass is 10.1. The molecule has 3 nitrogen and oxygen atoms in total. The molecule has 0 fully saturated rings. The zero-order chi connectivity index (χ0) is 13.7. The Bertz CT molecular complexity index is 558. The van der Waals surface area contributed by atoms with E-state index >= 15 is 0 Å². The van der Waals surface area contributed by atoms with Crippen LogP contribution in [0.25, 0.3) is 0 Å². The fraction of sp³-hybridized carbons (Fsp3) is 0.267. The average Bonchev–Trinajstić information content (AvgIpc) is 2.42. The maximum absolute atomic E-state index is 5.94. The molecule has 0 aliphatic heterocycles. The first-order chi connectivity index (χ1) is 9.20. The fourth-order valence-corrected chi connectivity index (χ4v) is 2.16. The zero-order valence-corrected chi connectivity index (χ0v) is 11.9. The molecular weight excluding hydrogens is 260 g/mol. The summed E-state index contributed by atoms with van der Waals surface area (Å²) in [6, 6.07) is 9.85. The van der Waals surface area contributed by atoms with Gasteiger partial charge in [0.15, 0.2) is 0 Å². The predicted octanol–water partition coefficient (Wildman–Crippen LogP) is 3.34. The molecule has 4 heteroatoms. The van der Waals surface area contributed by atoms with Crippen LogP contribution in [0.3, 0.4) is 0 Å². The van der Waals surface area contributed by atoms with Crippen LogP contribution >= 0.6 is 11.6 Å². The number of nitrogens with zero attached hydrogens (tertiary/aromatic N) is 1. The highest BCUT2D eigenvalue weighted by Gasteiger charge is 2.03. The van der Waals surface area contributed by atoms with E-state index in [4.69, 9.17) is 16.3 Å². The van der Waals surface area contributed by atoms with Crippen LogP contribution in [0.15, 0.2) is 36.5 Å². The zero-order valence-electron chi connectivity index (χ0n) is 11.1. The molecule has 0 atom stereocenters. The Labute approximate surface area is 118 Å². The van der Waals surface area contributed by atoms with E-state index in [1.165, 1.54) is 11.1 Å². The van der Waals surface area contributed by atoms with Gasteiger partial charge in [0, 0.05) is 29.9 Å². The molecule has 0 bridgehead atoms. The second kappa shape index (κ2) is 6.55. The number of nitrogens with one attached hydrogen (secondary N) is 1. The van der Waals surface area contributed by atoms with E-state index in [2.05, 4.69) is 17.2 Å². The van der Waals surface area contributed by atoms with Gasteiger partial charge >= 0.3 is 0 Å². The Morgan fingerprint density at radius 2 is 2.00 bits per heavy atom. The molecule has 2 aromatic rings. The Balaban J connectivity index is 1.96. The molecular formula is C15H17ClN2O. The average molecular weight is 277 g/mol. The second-order valence-corrected chi connectivity index (χ2v) is 4.78. The van der Waals surface area contributed by atoms with Crippen molar-refractivity contribution in [2.24, 2.45) is 0 Å². The van der Waals surface area contributed by atoms with E-state index in [1.54, 1.807) is 13.3 Å². The van der Waals surface area contributed by atoms with Gasteiger partial charge in [0.05, 0.1) is 7.11 Å². The lowest BCUT2D eigenvalue weighted by molar-refractivity contribution is 0.390. The van der Waals surface area contributed by atoms with Gasteiger partial charge in [-0.05, 0) is 36.2 Å². The minimum absolute atomic E-state index is 0.669. The van der Waals surface area contributed by atoms with Gasteiger partial charge < -0.3 is 10.1 Å². The fourth-order valence-electron chi connectivity index (χ4n) is 1.93. The summed E-state index contributed by atoms with van der Waals surface area (Å²) in [6.45, 7) is 3.58. The van der Waals surface area contributed by atoms with Crippen LogP contribution in [-0.4, -0.2) is 12.1 Å². The molecule has 0 saturated carbocycles. The van der Waals surface area contributed by atoms with E-state index in [1.807, 2.05) is 30.3 Å². The van der Waals surface area contributed by atoms with Gasteiger partial charge in [-0.1, -0.05) is 23.7 Å². The smallest absolute Gasteiger partial charge is 0.217 e. The summed E-state index contributed by atoms with van der Waals surface area (Å²) < 4.78 is 5.22. The minimum atomic E-state index is 0.669. The Morgan fingerprint density at radius 1 is 1.21 bits per heavy atom. The Kier molecular flexibility index (Phi) is 4.77. The molecule has 0 aliphatic carbocycles. The number of ether oxygens (including phenoxy) is 1. The van der Waals surface area contributed by atoms with Crippen LogP contribution in [0, 0.1) is 6.92 Å². The van der Waals surface area contributed by atoms with Crippen molar-refractivity contribution in [1.82, 2.24) is 10.3 Å². The van der Waals surface area contributed by atoms with Gasteiger partial charge in [0.25, 0.3) is 0 Å². The summed E-state index contributed by atoms with van der Waals surface area (Å²) >= 11 is 5.94. The number of hydrogen-bond acceptors (Lipinski definition) is 3. The molecule has 1 heterocycles. The monoisotopic (exact) mass is 276 g/mol. The minimum Gasteiger partial charge on any atom is -0.481 e. The number of benzene rings is 1. The molecule has 1 aromatic carbocycles. The van der Waals surface area contributed by atoms with Gasteiger partial charge in [0.1, 0.15) is 0 Å². The largest absolute Gasteiger partial charge is 0.481 e. The van der Waals surface area contributed by atoms with Crippen LogP contribution in [0.4, 0.5) is 0 Å². The van der Waals surface area contributed by atoms with Crippen molar-refractivity contribution in [2.75, 3.05) is 7.11 Å². The topological polar surface area (TPSA) is 34.1 Å². The lowest BCUT2D eigenvalue weighted by Gasteiger charge is -2.10. The van der Waals surface area contributed by atoms with Crippen LogP contribution in [-0.2, 0) is 13.1 Å². The molecule has 1 N–H and O–H groups in total. The van der Waals surface area contributed by atoms with Gasteiger partial charge in [-0.15, -0.1) is 0 Å². The summed E-state index contributed by atoms with van der Waals surface area (Å²) in [5.41, 5.74) is 3.49. The number of pyridine rings is 1. The van der Waals surface area contributed by atoms with E-state index in [-0.39, 0.29) is 0 Å². The van der Waals surface area contributed by atoms with E-state index in [9.17, 15) is 0 Å². The van der Waals surface area contributed by atoms with Crippen molar-refractivity contribution in [3.8, 4) is 5.88 Å². The number of hydrogen-bond donors (Lipinski definition) is 1. The number of aromatic nitrogens is 1. The molecule has 0 saturated heterocycles. The molecule has 0 amide bonds. The normalized spacial score (nSPS) is 10.5. The van der Waals surface area contributed by atoms with Crippen LogP contribution < -0.4 is 10.1 Å². The van der Waals surface area contributed by atoms with E-state index < -0.39 is 0 Å². The van der Waals surface area contributed by atoms with Gasteiger partial charge in [-0.25, -0.2) is 4.98 Å². The van der Waals surface area contributed by atoms with Gasteiger partial charge in [-0.3, -0.25) is 0 Å². The highest BCUT2D eigenvalue weighted by molar-refractivity contribution is 6.30. The summed E-state index contributed by atoms with van der Waals surface area (Å²) in [4.78, 5) is 4.17. The number of aryl methyl sites for hydroxylation is 1. The summed E-state index contributed by atoms with van der Waals surface area (Å²) in [6.07, 6.45) is 1.73. The summed E-state index contributed by atoms with van der Waals surface area (Å²) in [7, 11) is 1.63. The maximum atomic E-state index is 5.94. The SMILES string of the molecule is COc1ncccc1CNCc1ccc(Cl)cc1C. The van der Waals surface area contributed by atoms with Crippen molar-refractivity contribution < 1.29 is 4.74 Å². The van der Waals surface area contributed by atoms with Crippen LogP contribution in [0.1, 0.15) is 16.7 Å². The maximum Gasteiger partial charge on any atom is 0.217 e.